The summed E-state index contributed by atoms with van der Waals surface area (Å²) in [5.41, 5.74) is 9.37. The molecule has 6 heterocycles. The minimum Gasteiger partial charge on any atom is -0.508 e. The Kier molecular flexibility index (Phi) is 15.4. The third-order valence-corrected chi connectivity index (χ3v) is 14.4. The lowest BCUT2D eigenvalue weighted by Crippen LogP contribution is -2.62. The molecule has 0 radical (unpaired) electrons. The number of esters is 2. The zero-order chi connectivity index (χ0) is 51.8. The molecule has 18 nitrogen and oxygen atoms in total. The Balaban J connectivity index is 1.13. The first-order chi connectivity index (χ1) is 34.3. The third kappa shape index (κ3) is 10.7. The number of aryl methyl sites for hydroxylation is 1. The molecule has 7 atom stereocenters. The number of phenolic OH excluding ortho intramolecular Hbond substituents is 1. The number of nitrogens with one attached hydrogen (secondary N) is 2. The van der Waals surface area contributed by atoms with Crippen molar-refractivity contribution < 1.29 is 52.8 Å². The van der Waals surface area contributed by atoms with Crippen LogP contribution in [0.5, 0.6) is 5.75 Å². The monoisotopic (exact) mass is 992 g/mol. The Labute approximate surface area is 420 Å². The maximum absolute atomic E-state index is 14.8. The first-order valence-electron chi connectivity index (χ1n) is 25.2. The van der Waals surface area contributed by atoms with Gasteiger partial charge >= 0.3 is 11.9 Å². The van der Waals surface area contributed by atoms with Crippen LogP contribution >= 0.6 is 0 Å². The number of benzene rings is 2. The second kappa shape index (κ2) is 21.4. The van der Waals surface area contributed by atoms with Crippen LogP contribution in [0.1, 0.15) is 90.7 Å². The van der Waals surface area contributed by atoms with Crippen molar-refractivity contribution in [2.24, 2.45) is 17.3 Å². The summed E-state index contributed by atoms with van der Waals surface area (Å²) in [5, 5.41) is 16.7. The molecule has 386 valence electrons. The Morgan fingerprint density at radius 1 is 1.01 bits per heavy atom. The maximum Gasteiger partial charge on any atom is 0.338 e. The number of carbonyl (C=O) groups is 6. The molecule has 1 unspecified atom stereocenters. The number of likely N-dealkylation sites (N-methyl/N-ethyl adjacent to an activating group) is 1. The highest BCUT2D eigenvalue weighted by Gasteiger charge is 2.54. The van der Waals surface area contributed by atoms with Crippen molar-refractivity contribution >= 4 is 46.5 Å². The quantitative estimate of drug-likeness (QED) is 0.125. The number of aromatic hydroxyl groups is 1. The molecule has 2 aromatic carbocycles. The fraction of sp³-hybridized carbons (Fsp3) is 0.537. The summed E-state index contributed by atoms with van der Waals surface area (Å²) < 4.78 is 24.5. The van der Waals surface area contributed by atoms with Crippen molar-refractivity contribution in [1.82, 2.24) is 35.1 Å². The molecule has 6 bridgehead atoms. The van der Waals surface area contributed by atoms with E-state index in [0.29, 0.717) is 43.4 Å². The first kappa shape index (κ1) is 52.0. The molecule has 8 rings (SSSR count). The van der Waals surface area contributed by atoms with Gasteiger partial charge in [0.1, 0.15) is 23.9 Å². The number of rotatable bonds is 12. The van der Waals surface area contributed by atoms with Gasteiger partial charge in [0, 0.05) is 74.8 Å². The summed E-state index contributed by atoms with van der Waals surface area (Å²) in [6, 6.07) is 12.3. The molecule has 0 saturated carbocycles. The van der Waals surface area contributed by atoms with E-state index < -0.39 is 77.2 Å². The Morgan fingerprint density at radius 3 is 2.51 bits per heavy atom. The fourth-order valence-corrected chi connectivity index (χ4v) is 10.7. The van der Waals surface area contributed by atoms with Crippen LogP contribution < -0.4 is 10.7 Å². The highest BCUT2D eigenvalue weighted by Crippen LogP contribution is 2.42. The van der Waals surface area contributed by atoms with E-state index in [1.807, 2.05) is 39.0 Å². The zero-order valence-corrected chi connectivity index (χ0v) is 42.9. The van der Waals surface area contributed by atoms with E-state index in [9.17, 15) is 33.9 Å². The lowest BCUT2D eigenvalue weighted by atomic mass is 9.84. The van der Waals surface area contributed by atoms with E-state index in [4.69, 9.17) is 23.9 Å². The van der Waals surface area contributed by atoms with Crippen molar-refractivity contribution in [3.05, 3.63) is 71.5 Å². The number of hydrogen-bond acceptors (Lipinski definition) is 13. The average molecular weight is 992 g/mol. The molecular formula is C54H69N7O11. The summed E-state index contributed by atoms with van der Waals surface area (Å²) in [6.45, 7) is 15.0. The number of epoxide rings is 1. The molecule has 4 amide bonds. The Hall–Kier alpha value is -6.37. The molecule has 4 aromatic rings. The van der Waals surface area contributed by atoms with E-state index in [0.717, 1.165) is 39.0 Å². The smallest absolute Gasteiger partial charge is 0.338 e. The standard InChI is InChI=1S/C54H69N7O11/c1-10-60-42-17-16-33-26-38(42)39(45(60)37-14-12-19-55-43(37)31(5)69-9)27-54(6,7)29-71-52(67)40-15-13-20-61(57-40)50(65)41(24-32-22-35(33)25-36(62)23-32)56-48(63)44(30(3)4)58(8)49(64)34-18-21-59(28-34)51(66)46-47(72-46)53(68)70-11-2/h12,14,16-17,19,22-23,25-26,30-31,34,40-41,44,46-47,57,62H,10-11,13,15,18,20-21,24,27-29H2,1-9H3,(H,56,63)/t31-,34-,40-,41-,44?,46-,47-/m0/s1. The van der Waals surface area contributed by atoms with Crippen molar-refractivity contribution in [3.8, 4) is 28.1 Å². The van der Waals surface area contributed by atoms with Crippen LogP contribution in [0.15, 0.2) is 54.7 Å². The van der Waals surface area contributed by atoms with Crippen LogP contribution in [-0.2, 0) is 67.1 Å². The topological polar surface area (TPSA) is 214 Å². The minimum atomic E-state index is -1.21. The minimum absolute atomic E-state index is 0.0331. The molecule has 0 aliphatic carbocycles. The lowest BCUT2D eigenvalue weighted by molar-refractivity contribution is -0.155. The van der Waals surface area contributed by atoms with Gasteiger partial charge in [0.05, 0.1) is 36.6 Å². The predicted molar refractivity (Wildman–Crippen MR) is 267 cm³/mol. The summed E-state index contributed by atoms with van der Waals surface area (Å²) >= 11 is 0. The number of pyridine rings is 1. The summed E-state index contributed by atoms with van der Waals surface area (Å²) in [5.74, 6) is -3.98. The number of aromatic nitrogens is 2. The summed E-state index contributed by atoms with van der Waals surface area (Å²) in [7, 11) is 3.21. The van der Waals surface area contributed by atoms with Crippen LogP contribution in [0.3, 0.4) is 0 Å². The number of phenols is 1. The number of amides is 4. The van der Waals surface area contributed by atoms with Gasteiger partial charge in [-0.15, -0.1) is 0 Å². The van der Waals surface area contributed by atoms with Crippen LogP contribution in [-0.4, -0.2) is 142 Å². The third-order valence-electron chi connectivity index (χ3n) is 14.4. The highest BCUT2D eigenvalue weighted by molar-refractivity contribution is 5.97. The molecule has 72 heavy (non-hydrogen) atoms. The molecule has 4 aliphatic heterocycles. The van der Waals surface area contributed by atoms with Gasteiger partial charge in [-0.05, 0) is 111 Å². The van der Waals surface area contributed by atoms with Gasteiger partial charge < -0.3 is 43.7 Å². The molecule has 2 aromatic heterocycles. The van der Waals surface area contributed by atoms with E-state index >= 15 is 0 Å². The van der Waals surface area contributed by atoms with Crippen LogP contribution in [0, 0.1) is 17.3 Å². The molecule has 3 saturated heterocycles. The van der Waals surface area contributed by atoms with Gasteiger partial charge in [-0.2, -0.15) is 0 Å². The van der Waals surface area contributed by atoms with Gasteiger partial charge in [0.2, 0.25) is 11.8 Å². The van der Waals surface area contributed by atoms with Crippen molar-refractivity contribution in [3.63, 3.8) is 0 Å². The van der Waals surface area contributed by atoms with Crippen LogP contribution in [0.2, 0.25) is 0 Å². The highest BCUT2D eigenvalue weighted by atomic mass is 16.6. The normalized spacial score (nSPS) is 23.0. The van der Waals surface area contributed by atoms with Crippen LogP contribution in [0.25, 0.3) is 33.3 Å². The Morgan fingerprint density at radius 2 is 1.79 bits per heavy atom. The molecular weight excluding hydrogens is 923 g/mol. The van der Waals surface area contributed by atoms with E-state index in [1.165, 1.54) is 14.8 Å². The number of methoxy groups -OCH3 is 1. The SMILES string of the molecule is CCOC(=O)[C@H]1O[C@@H]1C(=O)N1CC[C@H](C(=O)N(C)C(C(=O)N[C@H]2Cc3cc(O)cc(c3)-c3ccc4c(c3)c(c(-c3cccnc3[C@H](C)OC)n4CC)CC(C)(C)COC(=O)[C@@H]3CCCN(N3)C2=O)C(C)C)C1. The molecule has 4 aliphatic rings. The maximum atomic E-state index is 14.8. The number of carbonyl (C=O) groups excluding carboxylic acids is 6. The number of likely N-dealkylation sites (tertiary alicyclic amines) is 1. The van der Waals surface area contributed by atoms with E-state index in [2.05, 4.69) is 54.3 Å². The van der Waals surface area contributed by atoms with Gasteiger partial charge in [0.25, 0.3) is 11.8 Å². The number of hydrazine groups is 1. The summed E-state index contributed by atoms with van der Waals surface area (Å²) in [4.78, 5) is 90.7. The lowest BCUT2D eigenvalue weighted by Gasteiger charge is -2.37. The first-order valence-corrected chi connectivity index (χ1v) is 25.2. The van der Waals surface area contributed by atoms with Crippen molar-refractivity contribution in [2.75, 3.05) is 47.0 Å². The predicted octanol–water partition coefficient (Wildman–Crippen LogP) is 5.11. The van der Waals surface area contributed by atoms with Gasteiger partial charge in [-0.1, -0.05) is 39.8 Å². The van der Waals surface area contributed by atoms with Gasteiger partial charge in [0.15, 0.2) is 12.2 Å². The molecule has 0 spiro atoms. The molecule has 3 fully saturated rings. The van der Waals surface area contributed by atoms with Crippen molar-refractivity contribution in [1.29, 1.82) is 0 Å². The summed E-state index contributed by atoms with van der Waals surface area (Å²) in [6.07, 6.45) is 1.28. The second-order valence-corrected chi connectivity index (χ2v) is 20.7. The number of nitrogens with zero attached hydrogens (tertiary/aromatic N) is 5. The molecule has 18 heteroatoms. The van der Waals surface area contributed by atoms with Gasteiger partial charge in [-0.25, -0.2) is 10.2 Å². The number of cyclic esters (lactones) is 1. The second-order valence-electron chi connectivity index (χ2n) is 20.7. The number of ether oxygens (including phenoxy) is 4. The van der Waals surface area contributed by atoms with E-state index in [1.54, 1.807) is 39.4 Å². The van der Waals surface area contributed by atoms with Gasteiger partial charge in [-0.3, -0.25) is 34.0 Å². The zero-order valence-electron chi connectivity index (χ0n) is 42.9. The molecule has 3 N–H and O–H groups in total. The van der Waals surface area contributed by atoms with Crippen LogP contribution in [0.4, 0.5) is 0 Å². The largest absolute Gasteiger partial charge is 0.508 e. The number of fused-ring (bicyclic) bond motifs is 6. The van der Waals surface area contributed by atoms with Crippen molar-refractivity contribution in [2.45, 2.75) is 124 Å². The fourth-order valence-electron chi connectivity index (χ4n) is 10.7. The average Bonchev–Trinajstić information content (AvgIpc) is 3.91. The van der Waals surface area contributed by atoms with E-state index in [-0.39, 0.29) is 57.0 Å². The Bertz CT molecular complexity index is 2740. The number of hydrogen-bond donors (Lipinski definition) is 3.